The van der Waals surface area contributed by atoms with Crippen molar-refractivity contribution in [1.29, 1.82) is 0 Å². The van der Waals surface area contributed by atoms with E-state index in [1.54, 1.807) is 18.9 Å². The smallest absolute Gasteiger partial charge is 0.177 e. The van der Waals surface area contributed by atoms with Gasteiger partial charge in [-0.3, -0.25) is 0 Å². The molecule has 0 spiro atoms. The fourth-order valence-electron chi connectivity index (χ4n) is 3.11. The Morgan fingerprint density at radius 3 is 2.77 bits per heavy atom. The van der Waals surface area contributed by atoms with Crippen molar-refractivity contribution in [2.24, 2.45) is 0 Å². The van der Waals surface area contributed by atoms with Crippen LogP contribution in [0.1, 0.15) is 30.7 Å². The zero-order valence-electron chi connectivity index (χ0n) is 12.8. The van der Waals surface area contributed by atoms with Crippen LogP contribution in [0.2, 0.25) is 0 Å². The van der Waals surface area contributed by atoms with Gasteiger partial charge in [0.15, 0.2) is 6.23 Å². The monoisotopic (exact) mass is 303 g/mol. The third-order valence-electron chi connectivity index (χ3n) is 4.18. The molecule has 116 valence electrons. The SMILES string of the molecule is [B][C@H]1CC(c2cn([C@H]3O[C@@H]([B])CC3OC)nn2)[C@@H](COC)O1. The third-order valence-corrected chi connectivity index (χ3v) is 4.18. The van der Waals surface area contributed by atoms with Gasteiger partial charge in [0.25, 0.3) is 0 Å². The molecule has 2 saturated heterocycles. The average Bonchev–Trinajstić information content (AvgIpc) is 3.17. The molecule has 3 rings (SSSR count). The van der Waals surface area contributed by atoms with E-state index >= 15 is 0 Å². The summed E-state index contributed by atoms with van der Waals surface area (Å²) in [5, 5.41) is 8.41. The molecule has 1 aromatic rings. The lowest BCUT2D eigenvalue weighted by molar-refractivity contribution is -0.0430. The van der Waals surface area contributed by atoms with Crippen molar-refractivity contribution < 1.29 is 18.9 Å². The largest absolute Gasteiger partial charge is 0.382 e. The summed E-state index contributed by atoms with van der Waals surface area (Å²) >= 11 is 0. The predicted octanol–water partition coefficient (Wildman–Crippen LogP) is -0.280. The number of nitrogens with zero attached hydrogens (tertiary/aromatic N) is 3. The van der Waals surface area contributed by atoms with Crippen LogP contribution in [0.5, 0.6) is 0 Å². The maximum Gasteiger partial charge on any atom is 0.177 e. The first-order valence-electron chi connectivity index (χ1n) is 7.38. The molecule has 1 aromatic heterocycles. The second kappa shape index (κ2) is 6.70. The van der Waals surface area contributed by atoms with Gasteiger partial charge in [0.1, 0.15) is 21.8 Å². The van der Waals surface area contributed by atoms with Gasteiger partial charge in [-0.05, 0) is 12.8 Å². The lowest BCUT2D eigenvalue weighted by Crippen LogP contribution is -2.22. The van der Waals surface area contributed by atoms with E-state index in [-0.39, 0.29) is 36.4 Å². The Hall–Kier alpha value is -0.890. The van der Waals surface area contributed by atoms with Gasteiger partial charge in [0.05, 0.1) is 24.6 Å². The summed E-state index contributed by atoms with van der Waals surface area (Å²) < 4.78 is 23.6. The van der Waals surface area contributed by atoms with E-state index < -0.39 is 0 Å². The molecule has 0 N–H and O–H groups in total. The molecule has 9 heteroatoms. The molecular formula is C13H19B2N3O4. The molecule has 2 aliphatic rings. The van der Waals surface area contributed by atoms with E-state index in [4.69, 9.17) is 34.6 Å². The summed E-state index contributed by atoms with van der Waals surface area (Å²) in [6.45, 7) is 0.469. The van der Waals surface area contributed by atoms with Crippen molar-refractivity contribution in [3.63, 3.8) is 0 Å². The molecule has 2 aliphatic heterocycles. The number of rotatable bonds is 5. The first kappa shape index (κ1) is 16.0. The Labute approximate surface area is 132 Å². The molecule has 0 aromatic carbocycles. The molecule has 22 heavy (non-hydrogen) atoms. The van der Waals surface area contributed by atoms with Gasteiger partial charge in [0, 0.05) is 32.1 Å². The molecule has 2 unspecified atom stereocenters. The molecule has 3 heterocycles. The fraction of sp³-hybridized carbons (Fsp3) is 0.846. The highest BCUT2D eigenvalue weighted by Gasteiger charge is 2.38. The molecule has 4 radical (unpaired) electrons. The van der Waals surface area contributed by atoms with Gasteiger partial charge < -0.3 is 18.9 Å². The van der Waals surface area contributed by atoms with E-state index in [0.29, 0.717) is 19.4 Å². The van der Waals surface area contributed by atoms with Gasteiger partial charge >= 0.3 is 0 Å². The van der Waals surface area contributed by atoms with Crippen LogP contribution < -0.4 is 0 Å². The van der Waals surface area contributed by atoms with E-state index in [2.05, 4.69) is 10.3 Å². The molecule has 6 atom stereocenters. The third kappa shape index (κ3) is 3.08. The maximum absolute atomic E-state index is 5.88. The summed E-state index contributed by atoms with van der Waals surface area (Å²) in [4.78, 5) is 0. The number of hydrogen-bond donors (Lipinski definition) is 0. The molecular weight excluding hydrogens is 284 g/mol. The lowest BCUT2D eigenvalue weighted by atomic mass is 9.89. The van der Waals surface area contributed by atoms with Gasteiger partial charge in [-0.25, -0.2) is 4.68 Å². The number of methoxy groups -OCH3 is 2. The summed E-state index contributed by atoms with van der Waals surface area (Å²) in [7, 11) is 15.0. The average molecular weight is 303 g/mol. The minimum absolute atomic E-state index is 0.0553. The van der Waals surface area contributed by atoms with Gasteiger partial charge in [-0.1, -0.05) is 5.21 Å². The first-order valence-corrected chi connectivity index (χ1v) is 7.38. The standard InChI is InChI=1S/C13H19B2N3O4/c1-19-6-10-7(3-11(14)21-10)8-5-18(17-16-8)13-9(20-2)4-12(15)22-13/h5,7,9-13H,3-4,6H2,1-2H3/t7?,9?,10-,11-,12-,13+/m1/s1. The summed E-state index contributed by atoms with van der Waals surface area (Å²) in [5.41, 5.74) is 0.814. The van der Waals surface area contributed by atoms with Crippen LogP contribution in [0.25, 0.3) is 0 Å². The van der Waals surface area contributed by atoms with E-state index in [0.717, 1.165) is 5.69 Å². The van der Waals surface area contributed by atoms with Crippen molar-refractivity contribution in [1.82, 2.24) is 15.0 Å². The van der Waals surface area contributed by atoms with E-state index in [1.807, 2.05) is 6.20 Å². The van der Waals surface area contributed by atoms with Crippen molar-refractivity contribution >= 4 is 15.7 Å². The van der Waals surface area contributed by atoms with Crippen molar-refractivity contribution in [2.45, 2.75) is 49.2 Å². The van der Waals surface area contributed by atoms with Gasteiger partial charge in [-0.15, -0.1) is 5.10 Å². The van der Waals surface area contributed by atoms with Crippen molar-refractivity contribution in [3.05, 3.63) is 11.9 Å². The molecule has 0 amide bonds. The van der Waals surface area contributed by atoms with Crippen LogP contribution in [-0.2, 0) is 18.9 Å². The Kier molecular flexibility index (Phi) is 4.87. The molecule has 0 bridgehead atoms. The second-order valence-electron chi connectivity index (χ2n) is 5.71. The van der Waals surface area contributed by atoms with Crippen LogP contribution in [0.3, 0.4) is 0 Å². The number of ether oxygens (including phenoxy) is 4. The Morgan fingerprint density at radius 1 is 1.27 bits per heavy atom. The van der Waals surface area contributed by atoms with Crippen molar-refractivity contribution in [2.75, 3.05) is 20.8 Å². The quantitative estimate of drug-likeness (QED) is 0.697. The lowest BCUT2D eigenvalue weighted by Gasteiger charge is -2.17. The van der Waals surface area contributed by atoms with Crippen LogP contribution in [0, 0.1) is 0 Å². The number of hydrogen-bond acceptors (Lipinski definition) is 6. The first-order chi connectivity index (χ1) is 10.6. The van der Waals surface area contributed by atoms with E-state index in [1.165, 1.54) is 0 Å². The zero-order valence-corrected chi connectivity index (χ0v) is 12.8. The Balaban J connectivity index is 1.75. The summed E-state index contributed by atoms with van der Waals surface area (Å²) in [6, 6.07) is -0.662. The molecule has 2 fully saturated rings. The second-order valence-corrected chi connectivity index (χ2v) is 5.71. The Bertz CT molecular complexity index is 503. The number of aromatic nitrogens is 3. The normalized spacial score (nSPS) is 38.6. The Morgan fingerprint density at radius 2 is 2.05 bits per heavy atom. The topological polar surface area (TPSA) is 67.6 Å². The minimum atomic E-state index is -0.363. The molecule has 0 aliphatic carbocycles. The maximum atomic E-state index is 5.88. The van der Waals surface area contributed by atoms with Crippen LogP contribution in [0.15, 0.2) is 6.20 Å². The summed E-state index contributed by atoms with van der Waals surface area (Å²) in [6.07, 6.45) is 2.55. The molecule has 7 nitrogen and oxygen atoms in total. The highest BCUT2D eigenvalue weighted by atomic mass is 16.6. The van der Waals surface area contributed by atoms with E-state index in [9.17, 15) is 0 Å². The predicted molar refractivity (Wildman–Crippen MR) is 78.7 cm³/mol. The summed E-state index contributed by atoms with van der Waals surface area (Å²) in [5.74, 6) is 0.0553. The van der Waals surface area contributed by atoms with Crippen molar-refractivity contribution in [3.8, 4) is 0 Å². The van der Waals surface area contributed by atoms with Gasteiger partial charge in [0.2, 0.25) is 0 Å². The highest BCUT2D eigenvalue weighted by Crippen LogP contribution is 2.35. The molecule has 0 saturated carbocycles. The minimum Gasteiger partial charge on any atom is -0.382 e. The van der Waals surface area contributed by atoms with Crippen LogP contribution >= 0.6 is 0 Å². The highest BCUT2D eigenvalue weighted by molar-refractivity contribution is 6.11. The van der Waals surface area contributed by atoms with Crippen LogP contribution in [0.4, 0.5) is 0 Å². The zero-order chi connectivity index (χ0) is 15.7. The van der Waals surface area contributed by atoms with Gasteiger partial charge in [-0.2, -0.15) is 0 Å². The fourth-order valence-corrected chi connectivity index (χ4v) is 3.11. The van der Waals surface area contributed by atoms with Crippen LogP contribution in [-0.4, -0.2) is 75.7 Å².